The van der Waals surface area contributed by atoms with Gasteiger partial charge < -0.3 is 31.9 Å². The van der Waals surface area contributed by atoms with Crippen LogP contribution in [0.5, 0.6) is 0 Å². The maximum absolute atomic E-state index is 12.7. The summed E-state index contributed by atoms with van der Waals surface area (Å²) in [5.41, 5.74) is 6.83. The molecule has 0 aromatic heterocycles. The lowest BCUT2D eigenvalue weighted by Crippen LogP contribution is -2.59. The van der Waals surface area contributed by atoms with Crippen LogP contribution in [-0.2, 0) is 25.6 Å². The molecule has 0 aliphatic heterocycles. The highest BCUT2D eigenvalue weighted by Gasteiger charge is 2.31. The number of carbonyl (C=O) groups is 4. The Morgan fingerprint density at radius 1 is 0.968 bits per heavy atom. The minimum Gasteiger partial charge on any atom is -0.480 e. The van der Waals surface area contributed by atoms with Crippen molar-refractivity contribution in [1.29, 1.82) is 0 Å². The molecule has 7 N–H and O–H groups in total. The van der Waals surface area contributed by atoms with Crippen LogP contribution in [0.4, 0.5) is 0 Å². The highest BCUT2D eigenvalue weighted by atomic mass is 32.1. The standard InChI is InChI=1S/C20H30N4O6S/c1-11(2)16(24-17(26)13(21)8-12-6-4-3-5-7-12)19(28)22-14(9-25)18(27)23-15(10-31)20(29)30/h3-7,11,13-16,25,31H,8-10,21H2,1-2H3,(H,22,28)(H,23,27)(H,24,26)(H,29,30). The van der Waals surface area contributed by atoms with Crippen LogP contribution in [0.25, 0.3) is 0 Å². The van der Waals surface area contributed by atoms with E-state index in [9.17, 15) is 24.3 Å². The summed E-state index contributed by atoms with van der Waals surface area (Å²) in [7, 11) is 0. The van der Waals surface area contributed by atoms with Crippen molar-refractivity contribution in [2.75, 3.05) is 12.4 Å². The molecule has 0 aliphatic carbocycles. The molecule has 3 amide bonds. The lowest BCUT2D eigenvalue weighted by Gasteiger charge is -2.26. The number of carbonyl (C=O) groups excluding carboxylic acids is 3. The normalized spacial score (nSPS) is 14.8. The fourth-order valence-electron chi connectivity index (χ4n) is 2.67. The summed E-state index contributed by atoms with van der Waals surface area (Å²) >= 11 is 3.84. The van der Waals surface area contributed by atoms with Gasteiger partial charge in [0.25, 0.3) is 0 Å². The van der Waals surface area contributed by atoms with Gasteiger partial charge in [0, 0.05) is 5.75 Å². The zero-order valence-electron chi connectivity index (χ0n) is 17.4. The number of hydrogen-bond donors (Lipinski definition) is 7. The number of carboxylic acid groups (broad SMARTS) is 1. The first-order valence-corrected chi connectivity index (χ1v) is 10.4. The number of amides is 3. The Morgan fingerprint density at radius 2 is 1.55 bits per heavy atom. The van der Waals surface area contributed by atoms with E-state index >= 15 is 0 Å². The molecule has 0 radical (unpaired) electrons. The van der Waals surface area contributed by atoms with Gasteiger partial charge in [-0.15, -0.1) is 0 Å². The number of carboxylic acids is 1. The van der Waals surface area contributed by atoms with E-state index in [0.29, 0.717) is 0 Å². The number of nitrogens with one attached hydrogen (secondary N) is 3. The topological polar surface area (TPSA) is 171 Å². The van der Waals surface area contributed by atoms with Gasteiger partial charge >= 0.3 is 5.97 Å². The highest BCUT2D eigenvalue weighted by Crippen LogP contribution is 2.06. The Bertz CT molecular complexity index is 761. The van der Waals surface area contributed by atoms with E-state index in [-0.39, 0.29) is 18.1 Å². The van der Waals surface area contributed by atoms with Crippen molar-refractivity contribution in [1.82, 2.24) is 16.0 Å². The van der Waals surface area contributed by atoms with Crippen molar-refractivity contribution in [2.24, 2.45) is 11.7 Å². The molecule has 0 spiro atoms. The van der Waals surface area contributed by atoms with E-state index in [0.717, 1.165) is 5.56 Å². The average molecular weight is 455 g/mol. The maximum Gasteiger partial charge on any atom is 0.327 e. The molecule has 0 heterocycles. The van der Waals surface area contributed by atoms with Crippen LogP contribution in [0.2, 0.25) is 0 Å². The average Bonchev–Trinajstić information content (AvgIpc) is 2.73. The number of nitrogens with two attached hydrogens (primary N) is 1. The minimum absolute atomic E-state index is 0.169. The number of aliphatic hydroxyl groups excluding tert-OH is 1. The summed E-state index contributed by atoms with van der Waals surface area (Å²) in [6.07, 6.45) is 0.279. The van der Waals surface area contributed by atoms with Gasteiger partial charge in [0.1, 0.15) is 18.1 Å². The largest absolute Gasteiger partial charge is 0.480 e. The van der Waals surface area contributed by atoms with Crippen molar-refractivity contribution < 1.29 is 29.4 Å². The van der Waals surface area contributed by atoms with Crippen molar-refractivity contribution in [3.8, 4) is 0 Å². The smallest absolute Gasteiger partial charge is 0.327 e. The molecule has 0 saturated heterocycles. The number of aliphatic hydroxyl groups is 1. The Hall–Kier alpha value is -2.63. The molecule has 0 saturated carbocycles. The van der Waals surface area contributed by atoms with Gasteiger partial charge in [0.05, 0.1) is 12.6 Å². The predicted molar refractivity (Wildman–Crippen MR) is 117 cm³/mol. The second kappa shape index (κ2) is 12.9. The molecule has 11 heteroatoms. The summed E-state index contributed by atoms with van der Waals surface area (Å²) in [6, 6.07) is 4.58. The summed E-state index contributed by atoms with van der Waals surface area (Å²) in [5, 5.41) is 25.6. The molecule has 4 atom stereocenters. The lowest BCUT2D eigenvalue weighted by molar-refractivity contribution is -0.142. The van der Waals surface area contributed by atoms with Crippen LogP contribution in [0.15, 0.2) is 30.3 Å². The highest BCUT2D eigenvalue weighted by molar-refractivity contribution is 7.80. The van der Waals surface area contributed by atoms with E-state index in [1.54, 1.807) is 13.8 Å². The van der Waals surface area contributed by atoms with Gasteiger partial charge in [-0.1, -0.05) is 44.2 Å². The van der Waals surface area contributed by atoms with E-state index in [1.807, 2.05) is 30.3 Å². The SMILES string of the molecule is CC(C)C(NC(=O)C(N)Cc1ccccc1)C(=O)NC(CO)C(=O)NC(CS)C(=O)O. The van der Waals surface area contributed by atoms with Gasteiger partial charge in [-0.2, -0.15) is 12.6 Å². The Labute approximate surface area is 186 Å². The Morgan fingerprint density at radius 3 is 2.03 bits per heavy atom. The van der Waals surface area contributed by atoms with Crippen LogP contribution in [0, 0.1) is 5.92 Å². The van der Waals surface area contributed by atoms with Gasteiger partial charge in [-0.05, 0) is 17.9 Å². The number of hydrogen-bond acceptors (Lipinski definition) is 7. The predicted octanol–water partition coefficient (Wildman–Crippen LogP) is -1.33. The van der Waals surface area contributed by atoms with Gasteiger partial charge in [0.2, 0.25) is 17.7 Å². The number of benzene rings is 1. The molecule has 1 aromatic rings. The first kappa shape index (κ1) is 26.4. The molecule has 172 valence electrons. The van der Waals surface area contributed by atoms with Crippen LogP contribution in [-0.4, -0.2) is 70.4 Å². The van der Waals surface area contributed by atoms with Crippen molar-refractivity contribution in [3.63, 3.8) is 0 Å². The van der Waals surface area contributed by atoms with Gasteiger partial charge in [0.15, 0.2) is 0 Å². The quantitative estimate of drug-likeness (QED) is 0.192. The minimum atomic E-state index is -1.40. The maximum atomic E-state index is 12.7. The third kappa shape index (κ3) is 8.56. The van der Waals surface area contributed by atoms with Crippen molar-refractivity contribution in [2.45, 2.75) is 44.4 Å². The first-order chi connectivity index (χ1) is 14.6. The fourth-order valence-corrected chi connectivity index (χ4v) is 2.92. The summed E-state index contributed by atoms with van der Waals surface area (Å²) in [4.78, 5) is 48.4. The third-order valence-corrected chi connectivity index (χ3v) is 4.86. The number of rotatable bonds is 12. The molecule has 1 aromatic carbocycles. The second-order valence-corrected chi connectivity index (χ2v) is 7.72. The molecular formula is C20H30N4O6S. The van der Waals surface area contributed by atoms with Crippen LogP contribution < -0.4 is 21.7 Å². The van der Waals surface area contributed by atoms with E-state index in [2.05, 4.69) is 28.6 Å². The van der Waals surface area contributed by atoms with Gasteiger partial charge in [-0.3, -0.25) is 14.4 Å². The number of thiol groups is 1. The van der Waals surface area contributed by atoms with Crippen molar-refractivity contribution in [3.05, 3.63) is 35.9 Å². The molecule has 1 rings (SSSR count). The zero-order valence-corrected chi connectivity index (χ0v) is 18.3. The fraction of sp³-hybridized carbons (Fsp3) is 0.500. The molecule has 4 unspecified atom stereocenters. The van der Waals surface area contributed by atoms with Crippen LogP contribution >= 0.6 is 12.6 Å². The molecule has 0 fully saturated rings. The monoisotopic (exact) mass is 454 g/mol. The molecule has 10 nitrogen and oxygen atoms in total. The zero-order chi connectivity index (χ0) is 23.6. The molecule has 31 heavy (non-hydrogen) atoms. The first-order valence-electron chi connectivity index (χ1n) is 9.75. The van der Waals surface area contributed by atoms with E-state index < -0.39 is 54.5 Å². The third-order valence-electron chi connectivity index (χ3n) is 4.49. The van der Waals surface area contributed by atoms with Crippen LogP contribution in [0.1, 0.15) is 19.4 Å². The van der Waals surface area contributed by atoms with Gasteiger partial charge in [-0.25, -0.2) is 4.79 Å². The summed E-state index contributed by atoms with van der Waals surface area (Å²) < 4.78 is 0. The Balaban J connectivity index is 2.77. The summed E-state index contributed by atoms with van der Waals surface area (Å²) in [5.74, 6) is -3.94. The molecular weight excluding hydrogens is 424 g/mol. The van der Waals surface area contributed by atoms with Crippen molar-refractivity contribution >= 4 is 36.3 Å². The van der Waals surface area contributed by atoms with E-state index in [4.69, 9.17) is 10.8 Å². The van der Waals surface area contributed by atoms with Crippen LogP contribution in [0.3, 0.4) is 0 Å². The summed E-state index contributed by atoms with van der Waals surface area (Å²) in [6.45, 7) is 2.63. The molecule has 0 aliphatic rings. The second-order valence-electron chi connectivity index (χ2n) is 7.35. The Kier molecular flexibility index (Phi) is 11.0. The lowest BCUT2D eigenvalue weighted by atomic mass is 10.0. The number of aliphatic carboxylic acids is 1. The molecule has 0 bridgehead atoms. The van der Waals surface area contributed by atoms with E-state index in [1.165, 1.54) is 0 Å².